The smallest absolute Gasteiger partial charge is 0.407 e. The van der Waals surface area contributed by atoms with Gasteiger partial charge in [0.15, 0.2) is 0 Å². The second kappa shape index (κ2) is 15.1. The highest BCUT2D eigenvalue weighted by Crippen LogP contribution is 2.46. The number of carbonyl (C=O) groups is 4. The zero-order valence-electron chi connectivity index (χ0n) is 27.7. The zero-order valence-corrected chi connectivity index (χ0v) is 27.7. The molecule has 4 rings (SSSR count). The zero-order chi connectivity index (χ0) is 34.4. The molecule has 1 fully saturated rings. The molecule has 12 nitrogen and oxygen atoms in total. The molecule has 2 aliphatic rings. The summed E-state index contributed by atoms with van der Waals surface area (Å²) in [6.45, 7) is 8.25. The van der Waals surface area contributed by atoms with Crippen LogP contribution in [0.25, 0.3) is 0 Å². The Labute approximate surface area is 275 Å². The monoisotopic (exact) mass is 651 g/mol. The lowest BCUT2D eigenvalue weighted by molar-refractivity contribution is -0.685. The minimum absolute atomic E-state index is 0.141. The molecule has 0 aromatic heterocycles. The molecule has 1 saturated heterocycles. The number of rotatable bonds is 15. The first-order valence-electron chi connectivity index (χ1n) is 16.3. The van der Waals surface area contributed by atoms with E-state index in [-0.39, 0.29) is 19.4 Å². The van der Waals surface area contributed by atoms with Crippen molar-refractivity contribution in [3.63, 3.8) is 0 Å². The van der Waals surface area contributed by atoms with Crippen molar-refractivity contribution in [3.8, 4) is 0 Å². The van der Waals surface area contributed by atoms with Gasteiger partial charge < -0.3 is 25.2 Å². The van der Waals surface area contributed by atoms with Gasteiger partial charge in [0.05, 0.1) is 6.04 Å². The van der Waals surface area contributed by atoms with Crippen molar-refractivity contribution in [2.45, 2.75) is 108 Å². The van der Waals surface area contributed by atoms with E-state index in [1.807, 2.05) is 76.2 Å². The lowest BCUT2D eigenvalue weighted by Crippen LogP contribution is -2.54. The van der Waals surface area contributed by atoms with E-state index in [1.165, 1.54) is 4.90 Å². The molecule has 2 aromatic rings. The number of nitrogens with zero attached hydrogens (tertiary/aromatic N) is 2. The summed E-state index contributed by atoms with van der Waals surface area (Å²) in [6, 6.07) is 12.2. The summed E-state index contributed by atoms with van der Waals surface area (Å²) in [6.07, 6.45) is 2.15. The van der Waals surface area contributed by atoms with Crippen LogP contribution in [0, 0.1) is 4.91 Å². The second-order valence-corrected chi connectivity index (χ2v) is 13.5. The number of benzene rings is 2. The Balaban J connectivity index is 1.38. The fourth-order valence-electron chi connectivity index (χ4n) is 6.74. The predicted octanol–water partition coefficient (Wildman–Crippen LogP) is 4.47. The molecular formula is C35H47N4O8+. The van der Waals surface area contributed by atoms with Gasteiger partial charge in [-0.3, -0.25) is 14.9 Å². The molecule has 4 N–H and O–H groups in total. The van der Waals surface area contributed by atoms with Gasteiger partial charge in [-0.05, 0) is 62.1 Å². The summed E-state index contributed by atoms with van der Waals surface area (Å²) < 4.78 is 6.32. The van der Waals surface area contributed by atoms with Gasteiger partial charge in [-0.15, -0.1) is 0 Å². The third kappa shape index (κ3) is 8.34. The number of nitrogens with one attached hydrogen (secondary N) is 2. The molecule has 47 heavy (non-hydrogen) atoms. The van der Waals surface area contributed by atoms with Gasteiger partial charge in [0.25, 0.3) is 0 Å². The van der Waals surface area contributed by atoms with Crippen LogP contribution in [0.1, 0.15) is 88.5 Å². The fraction of sp³-hybridized carbons (Fsp3) is 0.543. The van der Waals surface area contributed by atoms with Crippen LogP contribution in [0.4, 0.5) is 4.79 Å². The Morgan fingerprint density at radius 1 is 0.936 bits per heavy atom. The number of hydrogen-bond acceptors (Lipinski definition) is 7. The first kappa shape index (κ1) is 35.5. The molecule has 0 unspecified atom stereocenters. The summed E-state index contributed by atoms with van der Waals surface area (Å²) in [5, 5.41) is 25.5. The van der Waals surface area contributed by atoms with E-state index in [2.05, 4.69) is 10.6 Å². The van der Waals surface area contributed by atoms with Crippen molar-refractivity contribution >= 4 is 23.9 Å². The summed E-state index contributed by atoms with van der Waals surface area (Å²) >= 11 is 0. The van der Waals surface area contributed by atoms with Crippen LogP contribution in [-0.4, -0.2) is 75.0 Å². The number of aryl methyl sites for hydroxylation is 1. The molecule has 2 aliphatic heterocycles. The highest BCUT2D eigenvalue weighted by molar-refractivity contribution is 5.88. The number of unbranched alkanes of at least 4 members (excludes halogenated alkanes) is 1. The Kier molecular flexibility index (Phi) is 11.4. The van der Waals surface area contributed by atoms with Gasteiger partial charge >= 0.3 is 18.0 Å². The van der Waals surface area contributed by atoms with Crippen LogP contribution in [0.2, 0.25) is 0 Å². The maximum absolute atomic E-state index is 13.7. The van der Waals surface area contributed by atoms with Crippen molar-refractivity contribution < 1.29 is 38.9 Å². The average Bonchev–Trinajstić information content (AvgIpc) is 3.58. The SMILES string of the molecule is CC1(C)c2ccc(CC[C@H](N[C@@H](CCCCNC(=O)OCc3ccccc3)C(=O)N3CCC[C@H]3C(=O)O)C(=O)O)cc2C(C)(C)[N+]1=O. The van der Waals surface area contributed by atoms with Gasteiger partial charge in [-0.25, -0.2) is 9.59 Å². The highest BCUT2D eigenvalue weighted by atomic mass is 16.5. The topological polar surface area (TPSA) is 165 Å². The maximum Gasteiger partial charge on any atom is 0.407 e. The largest absolute Gasteiger partial charge is 0.480 e. The van der Waals surface area contributed by atoms with Crippen molar-refractivity contribution in [2.24, 2.45) is 0 Å². The van der Waals surface area contributed by atoms with E-state index in [0.29, 0.717) is 45.2 Å². The van der Waals surface area contributed by atoms with Crippen LogP contribution in [0.5, 0.6) is 0 Å². The molecule has 3 atom stereocenters. The highest BCUT2D eigenvalue weighted by Gasteiger charge is 2.58. The lowest BCUT2D eigenvalue weighted by atomic mass is 9.88. The van der Waals surface area contributed by atoms with Crippen LogP contribution >= 0.6 is 0 Å². The number of fused-ring (bicyclic) bond motifs is 1. The van der Waals surface area contributed by atoms with Gasteiger partial charge in [0.2, 0.25) is 17.0 Å². The molecular weight excluding hydrogens is 604 g/mol. The second-order valence-electron chi connectivity index (χ2n) is 13.5. The van der Waals surface area contributed by atoms with E-state index in [4.69, 9.17) is 4.74 Å². The van der Waals surface area contributed by atoms with E-state index in [0.717, 1.165) is 27.0 Å². The normalized spacial score (nSPS) is 19.1. The first-order chi connectivity index (χ1) is 22.2. The minimum atomic E-state index is -1.12. The molecule has 2 amide bonds. The number of nitroso groups, excluding NO2 is 1. The summed E-state index contributed by atoms with van der Waals surface area (Å²) in [5.74, 6) is -2.63. The van der Waals surface area contributed by atoms with Crippen LogP contribution in [0.3, 0.4) is 0 Å². The van der Waals surface area contributed by atoms with Gasteiger partial charge in [0.1, 0.15) is 18.7 Å². The summed E-state index contributed by atoms with van der Waals surface area (Å²) in [7, 11) is 0. The molecule has 0 radical (unpaired) electrons. The number of hydrogen-bond donors (Lipinski definition) is 4. The first-order valence-corrected chi connectivity index (χ1v) is 16.3. The maximum atomic E-state index is 13.7. The van der Waals surface area contributed by atoms with Crippen LogP contribution in [0.15, 0.2) is 48.5 Å². The third-order valence-electron chi connectivity index (χ3n) is 9.36. The molecule has 2 aromatic carbocycles. The van der Waals surface area contributed by atoms with Gasteiger partial charge in [0, 0.05) is 61.6 Å². The molecule has 254 valence electrons. The predicted molar refractivity (Wildman–Crippen MR) is 174 cm³/mol. The van der Waals surface area contributed by atoms with E-state index >= 15 is 0 Å². The Bertz CT molecular complexity index is 1480. The summed E-state index contributed by atoms with van der Waals surface area (Å²) in [5.41, 5.74) is 2.18. The number of carbonyl (C=O) groups excluding carboxylic acids is 2. The molecule has 2 heterocycles. The fourth-order valence-corrected chi connectivity index (χ4v) is 6.74. The molecule has 0 aliphatic carbocycles. The number of amides is 2. The molecule has 0 saturated carbocycles. The van der Waals surface area contributed by atoms with E-state index in [9.17, 15) is 34.3 Å². The Hall–Kier alpha value is -4.32. The minimum Gasteiger partial charge on any atom is -0.480 e. The average molecular weight is 652 g/mol. The van der Waals surface area contributed by atoms with Crippen LogP contribution in [-0.2, 0) is 43.2 Å². The number of alkyl carbamates (subject to hydrolysis) is 1. The van der Waals surface area contributed by atoms with Crippen molar-refractivity contribution in [3.05, 3.63) is 75.7 Å². The Morgan fingerprint density at radius 3 is 2.32 bits per heavy atom. The number of aliphatic carboxylic acids is 2. The van der Waals surface area contributed by atoms with Crippen molar-refractivity contribution in [2.75, 3.05) is 13.1 Å². The van der Waals surface area contributed by atoms with Crippen molar-refractivity contribution in [1.82, 2.24) is 15.5 Å². The number of likely N-dealkylation sites (tertiary alicyclic amines) is 1. The van der Waals surface area contributed by atoms with Gasteiger partial charge in [-0.2, -0.15) is 0 Å². The number of carboxylic acids is 2. The summed E-state index contributed by atoms with van der Waals surface area (Å²) in [4.78, 5) is 64.4. The van der Waals surface area contributed by atoms with Crippen LogP contribution < -0.4 is 10.6 Å². The Morgan fingerprint density at radius 2 is 1.64 bits per heavy atom. The number of ether oxygens (including phenoxy) is 1. The van der Waals surface area contributed by atoms with Gasteiger partial charge in [-0.1, -0.05) is 42.5 Å². The standard InChI is InChI=1S/C35H46N4O8/c1-34(2)25-17-15-23(21-26(25)35(3,4)39(34)46)16-18-28(31(41)42)37-27(30(40)38-20-10-14-29(38)32(43)44)13-8-9-19-36-33(45)47-22-24-11-6-5-7-12-24/h5-7,11-12,15,17,21,27-29,37H,8-10,13-14,16,18-20,22H2,1-4H3,(H2-,36,41,42,43,44,45)/p+1/t27-,28-,29-/m0/s1. The lowest BCUT2D eigenvalue weighted by Gasteiger charge is -2.29. The molecule has 12 heteroatoms. The number of carboxylic acid groups (broad SMARTS) is 2. The quantitative estimate of drug-likeness (QED) is 0.161. The van der Waals surface area contributed by atoms with Crippen molar-refractivity contribution in [1.29, 1.82) is 0 Å². The molecule has 0 spiro atoms. The third-order valence-corrected chi connectivity index (χ3v) is 9.36. The van der Waals surface area contributed by atoms with E-state index in [1.54, 1.807) is 0 Å². The van der Waals surface area contributed by atoms with E-state index < -0.39 is 53.1 Å². The molecule has 0 bridgehead atoms.